The number of hydrogen-bond acceptors (Lipinski definition) is 3. The number of carbonyl (C=O) groups excluding carboxylic acids is 2. The van der Waals surface area contributed by atoms with Crippen molar-refractivity contribution in [1.82, 2.24) is 0 Å². The Labute approximate surface area is 64.7 Å². The predicted molar refractivity (Wildman–Crippen MR) is 36.8 cm³/mol. The first-order valence-corrected chi connectivity index (χ1v) is 3.97. The zero-order valence-corrected chi connectivity index (χ0v) is 6.21. The van der Waals surface area contributed by atoms with Crippen molar-refractivity contribution in [3.63, 3.8) is 0 Å². The Hall–Kier alpha value is -0.860. The molecule has 1 saturated heterocycles. The molecular formula is C8H10O3. The number of Topliss-reactive ketones (excluding diaryl/α,β-unsaturated/α-hetero) is 1. The Morgan fingerprint density at radius 3 is 2.91 bits per heavy atom. The lowest BCUT2D eigenvalue weighted by Crippen LogP contribution is -2.25. The summed E-state index contributed by atoms with van der Waals surface area (Å²) in [6, 6.07) is 0. The smallest absolute Gasteiger partial charge is 0.306 e. The standard InChI is InChI=1S/C8H10O3/c9-6-1-2-7-5(3-6)4-8(10)11-7/h5,7H,1-4H2. The van der Waals surface area contributed by atoms with Crippen LogP contribution in [0.15, 0.2) is 0 Å². The van der Waals surface area contributed by atoms with Gasteiger partial charge in [-0.25, -0.2) is 0 Å². The van der Waals surface area contributed by atoms with Gasteiger partial charge in [-0.1, -0.05) is 0 Å². The van der Waals surface area contributed by atoms with Gasteiger partial charge < -0.3 is 4.74 Å². The molecule has 0 bridgehead atoms. The van der Waals surface area contributed by atoms with E-state index in [4.69, 9.17) is 4.74 Å². The van der Waals surface area contributed by atoms with E-state index in [1.165, 1.54) is 0 Å². The van der Waals surface area contributed by atoms with Gasteiger partial charge in [0.1, 0.15) is 11.9 Å². The maximum atomic E-state index is 10.9. The highest BCUT2D eigenvalue weighted by Gasteiger charge is 2.38. The normalized spacial score (nSPS) is 36.7. The average Bonchev–Trinajstić information content (AvgIpc) is 2.27. The lowest BCUT2D eigenvalue weighted by atomic mass is 9.85. The number of fused-ring (bicyclic) bond motifs is 1. The van der Waals surface area contributed by atoms with Gasteiger partial charge >= 0.3 is 5.97 Å². The van der Waals surface area contributed by atoms with Gasteiger partial charge in [0.15, 0.2) is 0 Å². The first-order chi connectivity index (χ1) is 5.25. The summed E-state index contributed by atoms with van der Waals surface area (Å²) in [5, 5.41) is 0. The Bertz CT molecular complexity index is 207. The predicted octanol–water partition coefficient (Wildman–Crippen LogP) is 0.671. The molecule has 0 spiro atoms. The molecule has 0 aromatic rings. The summed E-state index contributed by atoms with van der Waals surface area (Å²) in [5.41, 5.74) is 0. The van der Waals surface area contributed by atoms with Crippen LogP contribution in [0.1, 0.15) is 25.7 Å². The zero-order valence-electron chi connectivity index (χ0n) is 6.21. The summed E-state index contributed by atoms with van der Waals surface area (Å²) in [6.45, 7) is 0. The average molecular weight is 154 g/mol. The number of ketones is 1. The first kappa shape index (κ1) is 6.83. The summed E-state index contributed by atoms with van der Waals surface area (Å²) in [5.74, 6) is 0.350. The van der Waals surface area contributed by atoms with Crippen molar-refractivity contribution in [3.8, 4) is 0 Å². The number of esters is 1. The molecule has 0 radical (unpaired) electrons. The fourth-order valence-corrected chi connectivity index (χ4v) is 1.85. The molecule has 60 valence electrons. The van der Waals surface area contributed by atoms with Gasteiger partial charge in [0.05, 0.1) is 6.42 Å². The van der Waals surface area contributed by atoms with Gasteiger partial charge in [-0.05, 0) is 6.42 Å². The summed E-state index contributed by atoms with van der Waals surface area (Å²) in [7, 11) is 0. The third-order valence-corrected chi connectivity index (χ3v) is 2.44. The molecule has 2 atom stereocenters. The van der Waals surface area contributed by atoms with Crippen LogP contribution in [0, 0.1) is 5.92 Å². The Morgan fingerprint density at radius 2 is 2.09 bits per heavy atom. The van der Waals surface area contributed by atoms with Gasteiger partial charge in [-0.15, -0.1) is 0 Å². The maximum absolute atomic E-state index is 10.9. The molecule has 0 aromatic heterocycles. The summed E-state index contributed by atoms with van der Waals surface area (Å²) >= 11 is 0. The highest BCUT2D eigenvalue weighted by atomic mass is 16.5. The second-order valence-corrected chi connectivity index (χ2v) is 3.27. The fraction of sp³-hybridized carbons (Fsp3) is 0.750. The fourth-order valence-electron chi connectivity index (χ4n) is 1.85. The van der Waals surface area contributed by atoms with E-state index in [2.05, 4.69) is 0 Å². The largest absolute Gasteiger partial charge is 0.462 e. The molecule has 0 aromatic carbocycles. The van der Waals surface area contributed by atoms with Crippen LogP contribution in [-0.4, -0.2) is 17.9 Å². The van der Waals surface area contributed by atoms with Crippen molar-refractivity contribution < 1.29 is 14.3 Å². The van der Waals surface area contributed by atoms with E-state index >= 15 is 0 Å². The van der Waals surface area contributed by atoms with E-state index in [-0.39, 0.29) is 23.8 Å². The molecular weight excluding hydrogens is 144 g/mol. The van der Waals surface area contributed by atoms with Crippen molar-refractivity contribution in [2.24, 2.45) is 5.92 Å². The SMILES string of the molecule is O=C1CCC2OC(=O)CC2C1. The van der Waals surface area contributed by atoms with Gasteiger partial charge in [-0.3, -0.25) is 9.59 Å². The van der Waals surface area contributed by atoms with Crippen LogP contribution < -0.4 is 0 Å². The number of hydrogen-bond donors (Lipinski definition) is 0. The van der Waals surface area contributed by atoms with Crippen LogP contribution in [-0.2, 0) is 14.3 Å². The van der Waals surface area contributed by atoms with Crippen LogP contribution >= 0.6 is 0 Å². The molecule has 2 unspecified atom stereocenters. The summed E-state index contributed by atoms with van der Waals surface area (Å²) in [4.78, 5) is 21.7. The molecule has 2 fully saturated rings. The van der Waals surface area contributed by atoms with Crippen LogP contribution in [0.25, 0.3) is 0 Å². The lowest BCUT2D eigenvalue weighted by Gasteiger charge is -2.21. The molecule has 3 nitrogen and oxygen atoms in total. The van der Waals surface area contributed by atoms with Gasteiger partial charge in [-0.2, -0.15) is 0 Å². The van der Waals surface area contributed by atoms with Crippen LogP contribution in [0.2, 0.25) is 0 Å². The molecule has 1 aliphatic carbocycles. The highest BCUT2D eigenvalue weighted by Crippen LogP contribution is 2.32. The number of ether oxygens (including phenoxy) is 1. The lowest BCUT2D eigenvalue weighted by molar-refractivity contribution is -0.143. The highest BCUT2D eigenvalue weighted by molar-refractivity contribution is 5.82. The third kappa shape index (κ3) is 1.15. The summed E-state index contributed by atoms with van der Waals surface area (Å²) < 4.78 is 5.02. The maximum Gasteiger partial charge on any atom is 0.306 e. The molecule has 2 rings (SSSR count). The Morgan fingerprint density at radius 1 is 1.27 bits per heavy atom. The van der Waals surface area contributed by atoms with Crippen LogP contribution in [0.3, 0.4) is 0 Å². The van der Waals surface area contributed by atoms with Gasteiger partial charge in [0.2, 0.25) is 0 Å². The molecule has 1 aliphatic heterocycles. The van der Waals surface area contributed by atoms with E-state index in [9.17, 15) is 9.59 Å². The molecule has 1 saturated carbocycles. The van der Waals surface area contributed by atoms with Gasteiger partial charge in [0.25, 0.3) is 0 Å². The molecule has 11 heavy (non-hydrogen) atoms. The second-order valence-electron chi connectivity index (χ2n) is 3.27. The van der Waals surface area contributed by atoms with Crippen molar-refractivity contribution in [1.29, 1.82) is 0 Å². The van der Waals surface area contributed by atoms with E-state index in [1.54, 1.807) is 0 Å². The molecule has 0 N–H and O–H groups in total. The van der Waals surface area contributed by atoms with E-state index in [0.717, 1.165) is 6.42 Å². The number of carbonyl (C=O) groups is 2. The summed E-state index contributed by atoms with van der Waals surface area (Å²) in [6.07, 6.45) is 2.40. The number of rotatable bonds is 0. The van der Waals surface area contributed by atoms with Crippen LogP contribution in [0.5, 0.6) is 0 Å². The second kappa shape index (κ2) is 2.32. The van der Waals surface area contributed by atoms with Crippen molar-refractivity contribution in [2.45, 2.75) is 31.8 Å². The van der Waals surface area contributed by atoms with Crippen molar-refractivity contribution in [3.05, 3.63) is 0 Å². The Kier molecular flexibility index (Phi) is 1.44. The van der Waals surface area contributed by atoms with Crippen LogP contribution in [0.4, 0.5) is 0 Å². The molecule has 0 amide bonds. The topological polar surface area (TPSA) is 43.4 Å². The minimum Gasteiger partial charge on any atom is -0.462 e. The first-order valence-electron chi connectivity index (χ1n) is 3.97. The molecule has 3 heteroatoms. The van der Waals surface area contributed by atoms with Crippen molar-refractivity contribution in [2.75, 3.05) is 0 Å². The van der Waals surface area contributed by atoms with E-state index in [0.29, 0.717) is 19.3 Å². The molecule has 1 heterocycles. The minimum absolute atomic E-state index is 0.0557. The quantitative estimate of drug-likeness (QED) is 0.482. The Balaban J connectivity index is 2.08. The minimum atomic E-state index is -0.130. The zero-order chi connectivity index (χ0) is 7.84. The van der Waals surface area contributed by atoms with E-state index < -0.39 is 0 Å². The van der Waals surface area contributed by atoms with Crippen molar-refractivity contribution >= 4 is 11.8 Å². The third-order valence-electron chi connectivity index (χ3n) is 2.44. The van der Waals surface area contributed by atoms with Gasteiger partial charge in [0, 0.05) is 18.8 Å². The molecule has 2 aliphatic rings. The van der Waals surface area contributed by atoms with E-state index in [1.807, 2.05) is 0 Å². The monoisotopic (exact) mass is 154 g/mol.